The Hall–Kier alpha value is -1.73. The Kier molecular flexibility index (Phi) is 3.32. The van der Waals surface area contributed by atoms with Crippen molar-refractivity contribution in [2.24, 2.45) is 0 Å². The molecule has 0 saturated carbocycles. The number of hydrogen-bond donors (Lipinski definition) is 1. The number of benzene rings is 1. The lowest BCUT2D eigenvalue weighted by Gasteiger charge is -2.13. The Morgan fingerprint density at radius 3 is 2.86 bits per heavy atom. The topological polar surface area (TPSA) is 56.1 Å². The molecule has 1 rings (SSSR count). The van der Waals surface area contributed by atoms with Crippen LogP contribution >= 0.6 is 11.6 Å². The molecule has 0 fully saturated rings. The van der Waals surface area contributed by atoms with Crippen LogP contribution in [0.5, 0.6) is 0 Å². The fourth-order valence-electron chi connectivity index (χ4n) is 0.861. The van der Waals surface area contributed by atoms with Crippen molar-refractivity contribution in [2.45, 2.75) is 6.92 Å². The first-order valence-corrected chi connectivity index (χ1v) is 4.24. The average molecular weight is 210 g/mol. The zero-order valence-corrected chi connectivity index (χ0v) is 8.25. The molecule has 0 spiro atoms. The molecule has 0 atom stereocenters. The largest absolute Gasteiger partial charge is 0.282 e. The fraction of sp³-hybridized carbons (Fsp3) is 0.111. The summed E-state index contributed by atoms with van der Waals surface area (Å²) in [5, 5.41) is 9.95. The van der Waals surface area contributed by atoms with Crippen LogP contribution in [0.4, 0.5) is 5.69 Å². The molecule has 5 heteroatoms. The molecule has 0 aliphatic carbocycles. The number of nitriles is 1. The van der Waals surface area contributed by atoms with Crippen LogP contribution in [0.15, 0.2) is 24.3 Å². The molecule has 0 aliphatic heterocycles. The molecule has 14 heavy (non-hydrogen) atoms. The molecule has 1 N–H and O–H groups in total. The van der Waals surface area contributed by atoms with Crippen molar-refractivity contribution in [1.29, 1.82) is 5.26 Å². The smallest absolute Gasteiger partial charge is 0.251 e. The molecule has 72 valence electrons. The first-order chi connectivity index (χ1) is 6.63. The molecule has 1 amide bonds. The van der Waals surface area contributed by atoms with Gasteiger partial charge >= 0.3 is 0 Å². The second-order valence-corrected chi connectivity index (χ2v) is 3.01. The standard InChI is InChI=1S/C9H8ClN3O/c1-7(14)13(6-11)12-9-4-2-3-8(10)5-9/h2-5,12H,1H3. The SMILES string of the molecule is CC(=O)N(C#N)Nc1cccc(Cl)c1. The van der Waals surface area contributed by atoms with Gasteiger partial charge in [-0.05, 0) is 18.2 Å². The van der Waals surface area contributed by atoms with Crippen molar-refractivity contribution < 1.29 is 4.79 Å². The first-order valence-electron chi connectivity index (χ1n) is 3.86. The van der Waals surface area contributed by atoms with E-state index in [9.17, 15) is 4.79 Å². The summed E-state index contributed by atoms with van der Waals surface area (Å²) < 4.78 is 0. The lowest BCUT2D eigenvalue weighted by Crippen LogP contribution is -2.29. The van der Waals surface area contributed by atoms with Crippen LogP contribution in [0.1, 0.15) is 6.92 Å². The number of halogens is 1. The van der Waals surface area contributed by atoms with Crippen molar-refractivity contribution in [3.63, 3.8) is 0 Å². The van der Waals surface area contributed by atoms with E-state index in [-0.39, 0.29) is 5.91 Å². The Bertz CT molecular complexity index is 386. The van der Waals surface area contributed by atoms with Gasteiger partial charge in [-0.1, -0.05) is 17.7 Å². The van der Waals surface area contributed by atoms with Crippen molar-refractivity contribution in [2.75, 3.05) is 5.43 Å². The number of carbonyl (C=O) groups excluding carboxylic acids is 1. The molecule has 0 heterocycles. The molecule has 0 aromatic heterocycles. The quantitative estimate of drug-likeness (QED) is 0.461. The minimum absolute atomic E-state index is 0.382. The van der Waals surface area contributed by atoms with Gasteiger partial charge in [-0.25, -0.2) is 0 Å². The fourth-order valence-corrected chi connectivity index (χ4v) is 1.05. The van der Waals surface area contributed by atoms with E-state index in [0.717, 1.165) is 5.01 Å². The number of hydrazine groups is 1. The third-order valence-corrected chi connectivity index (χ3v) is 1.72. The monoisotopic (exact) mass is 209 g/mol. The Morgan fingerprint density at radius 1 is 1.64 bits per heavy atom. The second-order valence-electron chi connectivity index (χ2n) is 2.58. The molecule has 0 radical (unpaired) electrons. The molecule has 0 aliphatic rings. The third-order valence-electron chi connectivity index (χ3n) is 1.48. The normalized spacial score (nSPS) is 8.93. The maximum atomic E-state index is 10.9. The van der Waals surface area contributed by atoms with Gasteiger partial charge in [0.1, 0.15) is 0 Å². The highest BCUT2D eigenvalue weighted by Crippen LogP contribution is 2.15. The van der Waals surface area contributed by atoms with E-state index in [1.165, 1.54) is 6.92 Å². The highest BCUT2D eigenvalue weighted by Gasteiger charge is 2.06. The minimum atomic E-state index is -0.382. The highest BCUT2D eigenvalue weighted by molar-refractivity contribution is 6.30. The van der Waals surface area contributed by atoms with E-state index in [1.807, 2.05) is 0 Å². The minimum Gasteiger partial charge on any atom is -0.282 e. The summed E-state index contributed by atoms with van der Waals surface area (Å²) in [7, 11) is 0. The van der Waals surface area contributed by atoms with Gasteiger partial charge in [0.2, 0.25) is 6.19 Å². The van der Waals surface area contributed by atoms with Gasteiger partial charge in [0, 0.05) is 11.9 Å². The first kappa shape index (κ1) is 10.4. The Morgan fingerprint density at radius 2 is 2.36 bits per heavy atom. The molecule has 0 unspecified atom stereocenters. The predicted octanol–water partition coefficient (Wildman–Crippen LogP) is 2.00. The van der Waals surface area contributed by atoms with Gasteiger partial charge in [-0.2, -0.15) is 10.3 Å². The van der Waals surface area contributed by atoms with Gasteiger partial charge in [0.15, 0.2) is 0 Å². The number of amides is 1. The van der Waals surface area contributed by atoms with Crippen molar-refractivity contribution in [3.8, 4) is 6.19 Å². The Balaban J connectivity index is 2.78. The molecule has 0 bridgehead atoms. The maximum Gasteiger partial charge on any atom is 0.251 e. The number of rotatable bonds is 2. The third kappa shape index (κ3) is 2.64. The zero-order valence-electron chi connectivity index (χ0n) is 7.49. The van der Waals surface area contributed by atoms with E-state index in [0.29, 0.717) is 10.7 Å². The summed E-state index contributed by atoms with van der Waals surface area (Å²) in [6, 6.07) is 6.76. The summed E-state index contributed by atoms with van der Waals surface area (Å²) in [6.45, 7) is 1.29. The van der Waals surface area contributed by atoms with Crippen molar-refractivity contribution in [1.82, 2.24) is 5.01 Å². The number of anilines is 1. The molecular weight excluding hydrogens is 202 g/mol. The lowest BCUT2D eigenvalue weighted by atomic mass is 10.3. The number of nitrogens with zero attached hydrogens (tertiary/aromatic N) is 2. The van der Waals surface area contributed by atoms with E-state index in [2.05, 4.69) is 5.43 Å². The molecule has 0 saturated heterocycles. The van der Waals surface area contributed by atoms with Crippen LogP contribution in [0.2, 0.25) is 5.02 Å². The lowest BCUT2D eigenvalue weighted by molar-refractivity contribution is -0.124. The Labute approximate surface area is 86.7 Å². The van der Waals surface area contributed by atoms with Gasteiger partial charge < -0.3 is 0 Å². The zero-order chi connectivity index (χ0) is 10.6. The number of carbonyl (C=O) groups is 1. The van der Waals surface area contributed by atoms with Crippen LogP contribution in [0.3, 0.4) is 0 Å². The molecule has 1 aromatic carbocycles. The molecule has 4 nitrogen and oxygen atoms in total. The van der Waals surface area contributed by atoms with Crippen molar-refractivity contribution in [3.05, 3.63) is 29.3 Å². The molecular formula is C9H8ClN3O. The van der Waals surface area contributed by atoms with E-state index in [4.69, 9.17) is 16.9 Å². The summed E-state index contributed by atoms with van der Waals surface area (Å²) in [4.78, 5) is 10.9. The number of nitrogens with one attached hydrogen (secondary N) is 1. The maximum absolute atomic E-state index is 10.9. The average Bonchev–Trinajstić information content (AvgIpc) is 2.14. The summed E-state index contributed by atoms with van der Waals surface area (Å²) >= 11 is 5.72. The van der Waals surface area contributed by atoms with Crippen LogP contribution < -0.4 is 5.43 Å². The van der Waals surface area contributed by atoms with Gasteiger partial charge in [-0.15, -0.1) is 0 Å². The van der Waals surface area contributed by atoms with Gasteiger partial charge in [-0.3, -0.25) is 10.2 Å². The van der Waals surface area contributed by atoms with Gasteiger partial charge in [0.05, 0.1) is 5.69 Å². The second kappa shape index (κ2) is 4.49. The van der Waals surface area contributed by atoms with E-state index >= 15 is 0 Å². The summed E-state index contributed by atoms with van der Waals surface area (Å²) in [6.07, 6.45) is 1.70. The summed E-state index contributed by atoms with van der Waals surface area (Å²) in [5.74, 6) is -0.382. The van der Waals surface area contributed by atoms with Crippen LogP contribution in [0, 0.1) is 11.5 Å². The van der Waals surface area contributed by atoms with Crippen LogP contribution in [-0.4, -0.2) is 10.9 Å². The van der Waals surface area contributed by atoms with E-state index < -0.39 is 0 Å². The number of hydrogen-bond acceptors (Lipinski definition) is 3. The van der Waals surface area contributed by atoms with Crippen LogP contribution in [-0.2, 0) is 4.79 Å². The van der Waals surface area contributed by atoms with E-state index in [1.54, 1.807) is 30.5 Å². The van der Waals surface area contributed by atoms with Gasteiger partial charge in [0.25, 0.3) is 5.91 Å². The highest BCUT2D eigenvalue weighted by atomic mass is 35.5. The van der Waals surface area contributed by atoms with Crippen LogP contribution in [0.25, 0.3) is 0 Å². The summed E-state index contributed by atoms with van der Waals surface area (Å²) in [5.41, 5.74) is 3.20. The van der Waals surface area contributed by atoms with Crippen molar-refractivity contribution >= 4 is 23.2 Å². The molecule has 1 aromatic rings. The predicted molar refractivity (Wildman–Crippen MR) is 53.2 cm³/mol.